The van der Waals surface area contributed by atoms with Gasteiger partial charge in [0.25, 0.3) is 5.56 Å². The third kappa shape index (κ3) is 4.08. The lowest BCUT2D eigenvalue weighted by Gasteiger charge is -2.10. The van der Waals surface area contributed by atoms with Crippen molar-refractivity contribution in [3.05, 3.63) is 51.6 Å². The summed E-state index contributed by atoms with van der Waals surface area (Å²) in [4.78, 5) is 29.2. The molecule has 0 aliphatic carbocycles. The van der Waals surface area contributed by atoms with Crippen LogP contribution in [0.4, 0.5) is 0 Å². The van der Waals surface area contributed by atoms with Gasteiger partial charge in [-0.15, -0.1) is 11.3 Å². The Morgan fingerprint density at radius 2 is 2.23 bits per heavy atom. The molecule has 0 spiro atoms. The molecule has 0 fully saturated rings. The molecule has 1 N–H and O–H groups in total. The van der Waals surface area contributed by atoms with Gasteiger partial charge in [0.15, 0.2) is 5.16 Å². The van der Waals surface area contributed by atoms with E-state index < -0.39 is 0 Å². The number of carbonyl (C=O) groups excluding carboxylic acids is 1. The summed E-state index contributed by atoms with van der Waals surface area (Å²) in [6.07, 6.45) is 0. The molecular formula is C18H19N3O3S2. The molecule has 26 heavy (non-hydrogen) atoms. The number of rotatable bonds is 7. The Bertz CT molecular complexity index is 981. The highest BCUT2D eigenvalue weighted by Gasteiger charge is 2.13. The van der Waals surface area contributed by atoms with Gasteiger partial charge in [0.05, 0.1) is 18.4 Å². The van der Waals surface area contributed by atoms with Gasteiger partial charge in [-0.2, -0.15) is 0 Å². The highest BCUT2D eigenvalue weighted by Crippen LogP contribution is 2.20. The summed E-state index contributed by atoms with van der Waals surface area (Å²) in [5.74, 6) is 0.845. The molecule has 0 unspecified atom stereocenters. The van der Waals surface area contributed by atoms with Gasteiger partial charge in [0.2, 0.25) is 5.91 Å². The molecule has 0 aliphatic rings. The number of methoxy groups -OCH3 is 1. The fourth-order valence-corrected chi connectivity index (χ4v) is 4.15. The van der Waals surface area contributed by atoms with Crippen molar-refractivity contribution in [3.63, 3.8) is 0 Å². The smallest absolute Gasteiger partial charge is 0.272 e. The molecule has 2 heterocycles. The van der Waals surface area contributed by atoms with Crippen molar-refractivity contribution in [1.29, 1.82) is 0 Å². The van der Waals surface area contributed by atoms with Crippen molar-refractivity contribution in [2.45, 2.75) is 25.2 Å². The van der Waals surface area contributed by atoms with E-state index in [1.54, 1.807) is 11.7 Å². The van der Waals surface area contributed by atoms with Crippen LogP contribution in [0.1, 0.15) is 12.5 Å². The summed E-state index contributed by atoms with van der Waals surface area (Å²) in [6.45, 7) is 2.84. The van der Waals surface area contributed by atoms with E-state index in [0.717, 1.165) is 11.3 Å². The number of carbonyl (C=O) groups is 1. The summed E-state index contributed by atoms with van der Waals surface area (Å²) >= 11 is 2.67. The van der Waals surface area contributed by atoms with Gasteiger partial charge in [-0.05, 0) is 36.1 Å². The summed E-state index contributed by atoms with van der Waals surface area (Å²) in [7, 11) is 1.61. The number of fused-ring (bicyclic) bond motifs is 1. The number of amides is 1. The quantitative estimate of drug-likeness (QED) is 0.497. The number of benzene rings is 1. The molecule has 0 bridgehead atoms. The third-order valence-corrected chi connectivity index (χ3v) is 5.67. The number of thiophene rings is 1. The van der Waals surface area contributed by atoms with Crippen LogP contribution in [0.5, 0.6) is 5.75 Å². The van der Waals surface area contributed by atoms with Gasteiger partial charge >= 0.3 is 0 Å². The van der Waals surface area contributed by atoms with E-state index in [4.69, 9.17) is 4.74 Å². The second-order valence-corrected chi connectivity index (χ2v) is 7.35. The van der Waals surface area contributed by atoms with Crippen molar-refractivity contribution in [3.8, 4) is 5.75 Å². The predicted octanol–water partition coefficient (Wildman–Crippen LogP) is 2.90. The zero-order valence-corrected chi connectivity index (χ0v) is 16.2. The molecule has 0 aliphatic heterocycles. The topological polar surface area (TPSA) is 73.2 Å². The Kier molecular flexibility index (Phi) is 5.95. The van der Waals surface area contributed by atoms with Gasteiger partial charge < -0.3 is 10.1 Å². The average Bonchev–Trinajstić information content (AvgIpc) is 3.14. The molecule has 2 aromatic heterocycles. The molecule has 0 saturated carbocycles. The minimum atomic E-state index is -0.111. The van der Waals surface area contributed by atoms with E-state index in [-0.39, 0.29) is 17.2 Å². The molecular weight excluding hydrogens is 370 g/mol. The van der Waals surface area contributed by atoms with Crippen molar-refractivity contribution in [2.24, 2.45) is 0 Å². The predicted molar refractivity (Wildman–Crippen MR) is 105 cm³/mol. The maximum Gasteiger partial charge on any atom is 0.272 e. The molecule has 6 nitrogen and oxygen atoms in total. The summed E-state index contributed by atoms with van der Waals surface area (Å²) in [5.41, 5.74) is 1.60. The molecule has 8 heteroatoms. The van der Waals surface area contributed by atoms with Crippen LogP contribution in [0, 0.1) is 0 Å². The normalized spacial score (nSPS) is 10.8. The number of nitrogens with one attached hydrogen (secondary N) is 1. The first-order valence-electron chi connectivity index (χ1n) is 8.13. The second-order valence-electron chi connectivity index (χ2n) is 5.50. The lowest BCUT2D eigenvalue weighted by Crippen LogP contribution is -2.26. The molecule has 136 valence electrons. The molecule has 0 radical (unpaired) electrons. The number of nitrogens with zero attached hydrogens (tertiary/aromatic N) is 2. The van der Waals surface area contributed by atoms with Gasteiger partial charge in [0, 0.05) is 13.1 Å². The summed E-state index contributed by atoms with van der Waals surface area (Å²) in [5, 5.41) is 5.30. The maximum absolute atomic E-state index is 12.5. The van der Waals surface area contributed by atoms with Crippen LogP contribution in [-0.4, -0.2) is 28.3 Å². The zero-order valence-electron chi connectivity index (χ0n) is 14.5. The number of thioether (sulfide) groups is 1. The van der Waals surface area contributed by atoms with Crippen molar-refractivity contribution >= 4 is 39.2 Å². The SMILES string of the molecule is CCn1c(SCC(=O)NCc2cccc(OC)c2)nc2ccsc2c1=O. The number of hydrogen-bond acceptors (Lipinski definition) is 6. The van der Waals surface area contributed by atoms with Crippen LogP contribution < -0.4 is 15.6 Å². The Labute approximate surface area is 159 Å². The van der Waals surface area contributed by atoms with E-state index in [1.807, 2.05) is 42.6 Å². The van der Waals surface area contributed by atoms with E-state index in [0.29, 0.717) is 28.5 Å². The first-order valence-corrected chi connectivity index (χ1v) is 9.99. The third-order valence-electron chi connectivity index (χ3n) is 3.80. The highest BCUT2D eigenvalue weighted by atomic mass is 32.2. The lowest BCUT2D eigenvalue weighted by molar-refractivity contribution is -0.118. The van der Waals surface area contributed by atoms with Gasteiger partial charge in [-0.3, -0.25) is 14.2 Å². The lowest BCUT2D eigenvalue weighted by atomic mass is 10.2. The molecule has 0 atom stereocenters. The Morgan fingerprint density at radius 3 is 3.00 bits per heavy atom. The van der Waals surface area contributed by atoms with Crippen LogP contribution in [0.25, 0.3) is 10.2 Å². The summed E-state index contributed by atoms with van der Waals surface area (Å²) < 4.78 is 7.44. The maximum atomic E-state index is 12.5. The van der Waals surface area contributed by atoms with E-state index in [9.17, 15) is 9.59 Å². The Hall–Kier alpha value is -2.32. The fourth-order valence-electron chi connectivity index (χ4n) is 2.48. The average molecular weight is 390 g/mol. The molecule has 3 rings (SSSR count). The van der Waals surface area contributed by atoms with Crippen LogP contribution in [0.2, 0.25) is 0 Å². The van der Waals surface area contributed by atoms with Crippen LogP contribution in [-0.2, 0) is 17.9 Å². The van der Waals surface area contributed by atoms with Crippen LogP contribution >= 0.6 is 23.1 Å². The second kappa shape index (κ2) is 8.37. The van der Waals surface area contributed by atoms with Crippen molar-refractivity contribution in [1.82, 2.24) is 14.9 Å². The Balaban J connectivity index is 1.64. The number of aromatic nitrogens is 2. The highest BCUT2D eigenvalue weighted by molar-refractivity contribution is 7.99. The number of hydrogen-bond donors (Lipinski definition) is 1. The van der Waals surface area contributed by atoms with Crippen LogP contribution in [0.3, 0.4) is 0 Å². The molecule has 0 saturated heterocycles. The number of ether oxygens (including phenoxy) is 1. The van der Waals surface area contributed by atoms with Gasteiger partial charge in [0.1, 0.15) is 10.4 Å². The van der Waals surface area contributed by atoms with E-state index in [1.165, 1.54) is 23.1 Å². The Morgan fingerprint density at radius 1 is 1.38 bits per heavy atom. The molecule has 1 aromatic carbocycles. The molecule has 3 aromatic rings. The molecule has 1 amide bonds. The minimum absolute atomic E-state index is 0.0493. The van der Waals surface area contributed by atoms with E-state index in [2.05, 4.69) is 10.3 Å². The first-order chi connectivity index (χ1) is 12.6. The van der Waals surface area contributed by atoms with Crippen LogP contribution in [0.15, 0.2) is 45.7 Å². The van der Waals surface area contributed by atoms with Crippen molar-refractivity contribution in [2.75, 3.05) is 12.9 Å². The summed E-state index contributed by atoms with van der Waals surface area (Å²) in [6, 6.07) is 9.38. The van der Waals surface area contributed by atoms with Crippen molar-refractivity contribution < 1.29 is 9.53 Å². The first kappa shape index (κ1) is 18.5. The van der Waals surface area contributed by atoms with Gasteiger partial charge in [-0.25, -0.2) is 4.98 Å². The zero-order chi connectivity index (χ0) is 18.5. The minimum Gasteiger partial charge on any atom is -0.497 e. The monoisotopic (exact) mass is 389 g/mol. The largest absolute Gasteiger partial charge is 0.497 e. The van der Waals surface area contributed by atoms with E-state index >= 15 is 0 Å². The standard InChI is InChI=1S/C18H19N3O3S2/c1-3-21-17(23)16-14(7-8-25-16)20-18(21)26-11-15(22)19-10-12-5-4-6-13(9-12)24-2/h4-9H,3,10-11H2,1-2H3,(H,19,22). The fraction of sp³-hybridized carbons (Fsp3) is 0.278. The van der Waals surface area contributed by atoms with Gasteiger partial charge in [-0.1, -0.05) is 23.9 Å².